The summed E-state index contributed by atoms with van der Waals surface area (Å²) in [5, 5.41) is 16.6. The molecule has 0 saturated carbocycles. The van der Waals surface area contributed by atoms with Crippen molar-refractivity contribution in [2.75, 3.05) is 12.4 Å². The van der Waals surface area contributed by atoms with Crippen LogP contribution in [0.15, 0.2) is 65.8 Å². The topological polar surface area (TPSA) is 100 Å². The standard InChI is InChI=1S/C23H20IN3O4/c1-14-6-8-16(9-7-14)22(29)26-18-5-3-4-17(12-18)23(30)27-25-13-15-10-19(24)21(28)20(11-15)31-2/h3-13,28H,1-2H3,(H,26,29)(H,27,30)/b25-13-. The molecular weight excluding hydrogens is 509 g/mol. The van der Waals surface area contributed by atoms with E-state index in [9.17, 15) is 14.7 Å². The Morgan fingerprint density at radius 2 is 1.77 bits per heavy atom. The van der Waals surface area contributed by atoms with Gasteiger partial charge in [-0.2, -0.15) is 5.10 Å². The number of aromatic hydroxyl groups is 1. The van der Waals surface area contributed by atoms with Crippen molar-refractivity contribution in [2.45, 2.75) is 6.92 Å². The lowest BCUT2D eigenvalue weighted by atomic mass is 10.1. The number of methoxy groups -OCH3 is 1. The van der Waals surface area contributed by atoms with Crippen LogP contribution < -0.4 is 15.5 Å². The average molecular weight is 529 g/mol. The van der Waals surface area contributed by atoms with Gasteiger partial charge in [-0.05, 0) is 77.5 Å². The minimum absolute atomic E-state index is 0.0498. The van der Waals surface area contributed by atoms with Crippen molar-refractivity contribution in [1.29, 1.82) is 0 Å². The molecule has 0 unspecified atom stereocenters. The summed E-state index contributed by atoms with van der Waals surface area (Å²) in [5.74, 6) is -0.319. The largest absolute Gasteiger partial charge is 0.504 e. The highest BCUT2D eigenvalue weighted by atomic mass is 127. The lowest BCUT2D eigenvalue weighted by Crippen LogP contribution is -2.18. The minimum Gasteiger partial charge on any atom is -0.504 e. The fourth-order valence-corrected chi connectivity index (χ4v) is 3.33. The molecule has 0 aliphatic rings. The second-order valence-corrected chi connectivity index (χ2v) is 7.82. The molecule has 3 N–H and O–H groups in total. The lowest BCUT2D eigenvalue weighted by Gasteiger charge is -2.08. The zero-order chi connectivity index (χ0) is 22.4. The number of ether oxygens (including phenoxy) is 1. The number of nitrogens with one attached hydrogen (secondary N) is 2. The molecule has 3 aromatic carbocycles. The molecule has 2 amide bonds. The molecule has 3 rings (SSSR count). The van der Waals surface area contributed by atoms with E-state index >= 15 is 0 Å². The van der Waals surface area contributed by atoms with Crippen molar-refractivity contribution in [3.05, 3.63) is 86.5 Å². The van der Waals surface area contributed by atoms with Gasteiger partial charge in [0.2, 0.25) is 0 Å². The number of carbonyl (C=O) groups excluding carboxylic acids is 2. The number of hydrogen-bond acceptors (Lipinski definition) is 5. The normalized spacial score (nSPS) is 10.7. The van der Waals surface area contributed by atoms with Gasteiger partial charge >= 0.3 is 0 Å². The number of nitrogens with zero attached hydrogens (tertiary/aromatic N) is 1. The Balaban J connectivity index is 1.66. The van der Waals surface area contributed by atoms with Crippen LogP contribution in [0.25, 0.3) is 0 Å². The molecule has 0 aliphatic heterocycles. The van der Waals surface area contributed by atoms with E-state index in [2.05, 4.69) is 15.8 Å². The van der Waals surface area contributed by atoms with Gasteiger partial charge in [-0.1, -0.05) is 23.8 Å². The Kier molecular flexibility index (Phi) is 7.24. The Morgan fingerprint density at radius 1 is 1.03 bits per heavy atom. The fourth-order valence-electron chi connectivity index (χ4n) is 2.70. The molecule has 7 nitrogen and oxygen atoms in total. The van der Waals surface area contributed by atoms with Crippen molar-refractivity contribution < 1.29 is 19.4 Å². The van der Waals surface area contributed by atoms with Gasteiger partial charge in [0.05, 0.1) is 16.9 Å². The fraction of sp³-hybridized carbons (Fsp3) is 0.0870. The highest BCUT2D eigenvalue weighted by molar-refractivity contribution is 14.1. The summed E-state index contributed by atoms with van der Waals surface area (Å²) in [5.41, 5.74) is 5.54. The molecule has 0 radical (unpaired) electrons. The molecule has 158 valence electrons. The summed E-state index contributed by atoms with van der Waals surface area (Å²) in [7, 11) is 1.46. The molecule has 0 fully saturated rings. The third-order valence-corrected chi connectivity index (χ3v) is 5.17. The van der Waals surface area contributed by atoms with Crippen molar-refractivity contribution in [3.63, 3.8) is 0 Å². The molecule has 0 aromatic heterocycles. The van der Waals surface area contributed by atoms with Gasteiger partial charge in [0.25, 0.3) is 11.8 Å². The molecule has 0 heterocycles. The van der Waals surface area contributed by atoms with E-state index in [0.29, 0.717) is 31.7 Å². The summed E-state index contributed by atoms with van der Waals surface area (Å²) in [6, 6.07) is 17.1. The van der Waals surface area contributed by atoms with Gasteiger partial charge in [0, 0.05) is 16.8 Å². The number of rotatable bonds is 6. The first-order valence-corrected chi connectivity index (χ1v) is 10.3. The van der Waals surface area contributed by atoms with Gasteiger partial charge in [-0.15, -0.1) is 0 Å². The van der Waals surface area contributed by atoms with Crippen LogP contribution in [0.3, 0.4) is 0 Å². The number of phenols is 1. The smallest absolute Gasteiger partial charge is 0.271 e. The number of hydrogen-bond donors (Lipinski definition) is 3. The molecule has 31 heavy (non-hydrogen) atoms. The molecule has 0 aliphatic carbocycles. The first-order chi connectivity index (χ1) is 14.9. The van der Waals surface area contributed by atoms with Gasteiger partial charge < -0.3 is 15.2 Å². The van der Waals surface area contributed by atoms with Crippen LogP contribution >= 0.6 is 22.6 Å². The molecule has 0 spiro atoms. The van der Waals surface area contributed by atoms with Gasteiger partial charge in [-0.3, -0.25) is 9.59 Å². The number of hydrazone groups is 1. The van der Waals surface area contributed by atoms with E-state index in [4.69, 9.17) is 4.74 Å². The average Bonchev–Trinajstić information content (AvgIpc) is 2.76. The van der Waals surface area contributed by atoms with Crippen LogP contribution in [0, 0.1) is 10.5 Å². The maximum absolute atomic E-state index is 12.4. The Labute approximate surface area is 193 Å². The highest BCUT2D eigenvalue weighted by Crippen LogP contribution is 2.31. The van der Waals surface area contributed by atoms with E-state index < -0.39 is 5.91 Å². The first-order valence-electron chi connectivity index (χ1n) is 9.25. The molecule has 8 heteroatoms. The number of benzene rings is 3. The third-order valence-electron chi connectivity index (χ3n) is 4.35. The predicted octanol–water partition coefficient (Wildman–Crippen LogP) is 4.33. The maximum Gasteiger partial charge on any atom is 0.271 e. The highest BCUT2D eigenvalue weighted by Gasteiger charge is 2.10. The second kappa shape index (κ2) is 10.1. The molecule has 0 saturated heterocycles. The molecular formula is C23H20IN3O4. The summed E-state index contributed by atoms with van der Waals surface area (Å²) < 4.78 is 5.71. The van der Waals surface area contributed by atoms with Crippen molar-refractivity contribution >= 4 is 46.3 Å². The van der Waals surface area contributed by atoms with Crippen LogP contribution in [0.5, 0.6) is 11.5 Å². The molecule has 0 bridgehead atoms. The summed E-state index contributed by atoms with van der Waals surface area (Å²) in [4.78, 5) is 24.8. The van der Waals surface area contributed by atoms with Gasteiger partial charge in [-0.25, -0.2) is 5.43 Å². The summed E-state index contributed by atoms with van der Waals surface area (Å²) in [6.45, 7) is 1.95. The second-order valence-electron chi connectivity index (χ2n) is 6.65. The van der Waals surface area contributed by atoms with Crippen LogP contribution in [-0.4, -0.2) is 30.2 Å². The first kappa shape index (κ1) is 22.3. The van der Waals surface area contributed by atoms with Gasteiger partial charge in [0.15, 0.2) is 11.5 Å². The van der Waals surface area contributed by atoms with E-state index in [1.54, 1.807) is 48.5 Å². The SMILES string of the molecule is COc1cc(/C=N\NC(=O)c2cccc(NC(=O)c3ccc(C)cc3)c2)cc(I)c1O. The quantitative estimate of drug-likeness (QED) is 0.252. The Morgan fingerprint density at radius 3 is 2.48 bits per heavy atom. The number of halogens is 1. The lowest BCUT2D eigenvalue weighted by molar-refractivity contribution is 0.0953. The summed E-state index contributed by atoms with van der Waals surface area (Å²) in [6.07, 6.45) is 1.45. The molecule has 3 aromatic rings. The van der Waals surface area contributed by atoms with Gasteiger partial charge in [0.1, 0.15) is 0 Å². The Bertz CT molecular complexity index is 1140. The maximum atomic E-state index is 12.4. The van der Waals surface area contributed by atoms with E-state index in [-0.39, 0.29) is 11.7 Å². The predicted molar refractivity (Wildman–Crippen MR) is 128 cm³/mol. The number of aryl methyl sites for hydroxylation is 1. The number of carbonyl (C=O) groups is 2. The van der Waals surface area contributed by atoms with E-state index in [0.717, 1.165) is 5.56 Å². The van der Waals surface area contributed by atoms with Crippen molar-refractivity contribution in [3.8, 4) is 11.5 Å². The van der Waals surface area contributed by atoms with Crippen molar-refractivity contribution in [2.24, 2.45) is 5.10 Å². The summed E-state index contributed by atoms with van der Waals surface area (Å²) >= 11 is 1.98. The van der Waals surface area contributed by atoms with Crippen molar-refractivity contribution in [1.82, 2.24) is 5.43 Å². The Hall–Kier alpha value is -3.40. The number of phenolic OH excluding ortho intramolecular Hbond substituents is 1. The van der Waals surface area contributed by atoms with E-state index in [1.165, 1.54) is 13.3 Å². The van der Waals surface area contributed by atoms with Crippen LogP contribution in [-0.2, 0) is 0 Å². The van der Waals surface area contributed by atoms with Crippen LogP contribution in [0.2, 0.25) is 0 Å². The van der Waals surface area contributed by atoms with Crippen LogP contribution in [0.1, 0.15) is 31.8 Å². The third kappa shape index (κ3) is 5.82. The number of amides is 2. The zero-order valence-electron chi connectivity index (χ0n) is 16.8. The zero-order valence-corrected chi connectivity index (χ0v) is 19.0. The van der Waals surface area contributed by atoms with E-state index in [1.807, 2.05) is 41.6 Å². The van der Waals surface area contributed by atoms with Crippen LogP contribution in [0.4, 0.5) is 5.69 Å². The number of anilines is 1. The molecule has 0 atom stereocenters. The minimum atomic E-state index is -0.428. The monoisotopic (exact) mass is 529 g/mol.